The predicted molar refractivity (Wildman–Crippen MR) is 94.2 cm³/mol. The molecule has 1 fully saturated rings. The molecule has 0 aromatic heterocycles. The second-order valence-corrected chi connectivity index (χ2v) is 6.21. The summed E-state index contributed by atoms with van der Waals surface area (Å²) in [6.45, 7) is 4.18. The van der Waals surface area contributed by atoms with Gasteiger partial charge in [0.1, 0.15) is 6.42 Å². The molecule has 9 heteroatoms. The lowest BCUT2D eigenvalue weighted by Crippen LogP contribution is -2.51. The van der Waals surface area contributed by atoms with E-state index < -0.39 is 0 Å². The fraction of sp³-hybridized carbons (Fsp3) is 0.500. The van der Waals surface area contributed by atoms with Crippen LogP contribution in [-0.2, 0) is 20.9 Å². The lowest BCUT2D eigenvalue weighted by molar-refractivity contribution is -0.137. The van der Waals surface area contributed by atoms with Crippen molar-refractivity contribution in [3.63, 3.8) is 0 Å². The summed E-state index contributed by atoms with van der Waals surface area (Å²) in [6, 6.07) is 5.43. The number of carbonyl (C=O) groups excluding carboxylic acids is 3. The highest BCUT2D eigenvalue weighted by atomic mass is 16.7. The summed E-state index contributed by atoms with van der Waals surface area (Å²) in [7, 11) is 0. The minimum absolute atomic E-state index is 0.197. The van der Waals surface area contributed by atoms with Gasteiger partial charge in [0, 0.05) is 32.7 Å². The van der Waals surface area contributed by atoms with Crippen LogP contribution in [0, 0.1) is 0 Å². The number of rotatable bonds is 5. The van der Waals surface area contributed by atoms with Crippen molar-refractivity contribution >= 4 is 17.9 Å². The van der Waals surface area contributed by atoms with E-state index in [2.05, 4.69) is 5.32 Å². The van der Waals surface area contributed by atoms with E-state index in [9.17, 15) is 14.4 Å². The molecule has 0 atom stereocenters. The zero-order valence-electron chi connectivity index (χ0n) is 15.2. The molecule has 0 bridgehead atoms. The Bertz CT molecular complexity index is 715. The molecule has 0 radical (unpaired) electrons. The zero-order chi connectivity index (χ0) is 19.2. The second-order valence-electron chi connectivity index (χ2n) is 6.21. The van der Waals surface area contributed by atoms with Crippen molar-refractivity contribution in [1.29, 1.82) is 0 Å². The van der Waals surface area contributed by atoms with Gasteiger partial charge in [0.25, 0.3) is 0 Å². The molecule has 2 heterocycles. The summed E-state index contributed by atoms with van der Waals surface area (Å²) in [5.41, 5.74) is 0.864. The van der Waals surface area contributed by atoms with Gasteiger partial charge in [0.15, 0.2) is 11.5 Å². The first-order chi connectivity index (χ1) is 13.1. The number of benzene rings is 1. The number of nitrogens with one attached hydrogen (secondary N) is 1. The highest BCUT2D eigenvalue weighted by Crippen LogP contribution is 2.32. The first kappa shape index (κ1) is 18.8. The fourth-order valence-electron chi connectivity index (χ4n) is 2.92. The van der Waals surface area contributed by atoms with Gasteiger partial charge in [0.2, 0.25) is 18.6 Å². The summed E-state index contributed by atoms with van der Waals surface area (Å²) >= 11 is 0. The van der Waals surface area contributed by atoms with Gasteiger partial charge in [-0.2, -0.15) is 0 Å². The van der Waals surface area contributed by atoms with Gasteiger partial charge < -0.3 is 29.3 Å². The summed E-state index contributed by atoms with van der Waals surface area (Å²) in [5.74, 6) is 0.742. The quantitative estimate of drug-likeness (QED) is 0.760. The maximum absolute atomic E-state index is 12.3. The smallest absolute Gasteiger partial charge is 0.409 e. The van der Waals surface area contributed by atoms with Gasteiger partial charge in [-0.1, -0.05) is 6.07 Å². The van der Waals surface area contributed by atoms with Crippen molar-refractivity contribution in [3.8, 4) is 11.5 Å². The molecule has 0 saturated carbocycles. The first-order valence-electron chi connectivity index (χ1n) is 8.91. The van der Waals surface area contributed by atoms with Gasteiger partial charge in [-0.15, -0.1) is 0 Å². The number of hydrogen-bond donors (Lipinski definition) is 1. The number of amides is 3. The van der Waals surface area contributed by atoms with Crippen molar-refractivity contribution in [3.05, 3.63) is 23.8 Å². The minimum atomic E-state index is -0.369. The Morgan fingerprint density at radius 2 is 1.78 bits per heavy atom. The molecule has 2 aliphatic heterocycles. The van der Waals surface area contributed by atoms with E-state index in [4.69, 9.17) is 14.2 Å². The number of piperazine rings is 1. The maximum atomic E-state index is 12.3. The van der Waals surface area contributed by atoms with Crippen LogP contribution in [-0.4, -0.2) is 67.3 Å². The lowest BCUT2D eigenvalue weighted by Gasteiger charge is -2.34. The molecule has 1 aromatic carbocycles. The zero-order valence-corrected chi connectivity index (χ0v) is 15.2. The normalized spacial score (nSPS) is 15.4. The van der Waals surface area contributed by atoms with Crippen LogP contribution in [0.4, 0.5) is 4.79 Å². The van der Waals surface area contributed by atoms with Crippen LogP contribution in [0.5, 0.6) is 11.5 Å². The van der Waals surface area contributed by atoms with Crippen LogP contribution in [0.15, 0.2) is 18.2 Å². The lowest BCUT2D eigenvalue weighted by atomic mass is 10.2. The van der Waals surface area contributed by atoms with Crippen LogP contribution in [0.1, 0.15) is 18.9 Å². The van der Waals surface area contributed by atoms with Gasteiger partial charge >= 0.3 is 6.09 Å². The van der Waals surface area contributed by atoms with Crippen LogP contribution in [0.3, 0.4) is 0 Å². The molecule has 1 N–H and O–H groups in total. The van der Waals surface area contributed by atoms with E-state index in [1.807, 2.05) is 6.07 Å². The molecule has 1 saturated heterocycles. The molecule has 2 aliphatic rings. The Labute approximate surface area is 157 Å². The molecule has 146 valence electrons. The Morgan fingerprint density at radius 1 is 1.07 bits per heavy atom. The first-order valence-corrected chi connectivity index (χ1v) is 8.91. The third-order valence-electron chi connectivity index (χ3n) is 4.40. The standard InChI is InChI=1S/C18H23N3O6/c1-2-25-18(24)21-7-5-20(6-8-21)17(23)10-16(22)19-11-13-3-4-14-15(9-13)27-12-26-14/h3-4,9H,2,5-8,10-12H2,1H3,(H,19,22). The predicted octanol–water partition coefficient (Wildman–Crippen LogP) is 0.722. The Kier molecular flexibility index (Phi) is 6.00. The van der Waals surface area contributed by atoms with E-state index in [-0.39, 0.29) is 31.1 Å². The van der Waals surface area contributed by atoms with Gasteiger partial charge in [-0.05, 0) is 24.6 Å². The monoisotopic (exact) mass is 377 g/mol. The molecule has 1 aromatic rings. The molecular formula is C18H23N3O6. The number of hydrogen-bond acceptors (Lipinski definition) is 6. The second kappa shape index (κ2) is 8.61. The number of nitrogens with zero attached hydrogens (tertiary/aromatic N) is 2. The molecule has 27 heavy (non-hydrogen) atoms. The summed E-state index contributed by atoms with van der Waals surface area (Å²) in [5, 5.41) is 2.74. The van der Waals surface area contributed by atoms with E-state index in [1.54, 1.807) is 28.9 Å². The van der Waals surface area contributed by atoms with Crippen LogP contribution in [0.2, 0.25) is 0 Å². The fourth-order valence-corrected chi connectivity index (χ4v) is 2.92. The number of fused-ring (bicyclic) bond motifs is 1. The Balaban J connectivity index is 1.40. The molecule has 9 nitrogen and oxygen atoms in total. The molecular weight excluding hydrogens is 354 g/mol. The van der Waals surface area contributed by atoms with Gasteiger partial charge in [-0.3, -0.25) is 9.59 Å². The topological polar surface area (TPSA) is 97.4 Å². The minimum Gasteiger partial charge on any atom is -0.454 e. The van der Waals surface area contributed by atoms with Crippen molar-refractivity contribution in [2.75, 3.05) is 39.6 Å². The molecule has 3 rings (SSSR count). The van der Waals surface area contributed by atoms with Crippen LogP contribution in [0.25, 0.3) is 0 Å². The third-order valence-corrected chi connectivity index (χ3v) is 4.40. The van der Waals surface area contributed by atoms with Crippen molar-refractivity contribution in [2.45, 2.75) is 19.9 Å². The molecule has 0 unspecified atom stereocenters. The Hall–Kier alpha value is -2.97. The average molecular weight is 377 g/mol. The van der Waals surface area contributed by atoms with Crippen molar-refractivity contribution in [2.24, 2.45) is 0 Å². The largest absolute Gasteiger partial charge is 0.454 e. The highest BCUT2D eigenvalue weighted by molar-refractivity contribution is 5.96. The highest BCUT2D eigenvalue weighted by Gasteiger charge is 2.25. The van der Waals surface area contributed by atoms with Gasteiger partial charge in [0.05, 0.1) is 6.61 Å². The third kappa shape index (κ3) is 4.81. The van der Waals surface area contributed by atoms with E-state index in [0.29, 0.717) is 50.8 Å². The average Bonchev–Trinajstić information content (AvgIpc) is 3.14. The van der Waals surface area contributed by atoms with Gasteiger partial charge in [-0.25, -0.2) is 4.79 Å². The number of ether oxygens (including phenoxy) is 3. The van der Waals surface area contributed by atoms with Crippen LogP contribution >= 0.6 is 0 Å². The van der Waals surface area contributed by atoms with Crippen molar-refractivity contribution in [1.82, 2.24) is 15.1 Å². The van der Waals surface area contributed by atoms with Crippen molar-refractivity contribution < 1.29 is 28.6 Å². The van der Waals surface area contributed by atoms with E-state index in [0.717, 1.165) is 5.56 Å². The summed E-state index contributed by atoms with van der Waals surface area (Å²) in [6.07, 6.45) is -0.588. The molecule has 3 amide bonds. The maximum Gasteiger partial charge on any atom is 0.409 e. The Morgan fingerprint density at radius 3 is 2.52 bits per heavy atom. The molecule has 0 spiro atoms. The van der Waals surface area contributed by atoms with E-state index in [1.165, 1.54) is 0 Å². The van der Waals surface area contributed by atoms with Crippen LogP contribution < -0.4 is 14.8 Å². The summed E-state index contributed by atoms with van der Waals surface area (Å²) in [4.78, 5) is 39.1. The summed E-state index contributed by atoms with van der Waals surface area (Å²) < 4.78 is 15.5. The molecule has 0 aliphatic carbocycles. The van der Waals surface area contributed by atoms with E-state index >= 15 is 0 Å². The SMILES string of the molecule is CCOC(=O)N1CCN(C(=O)CC(=O)NCc2ccc3c(c2)OCO3)CC1. The number of carbonyl (C=O) groups is 3.